The zero-order valence-corrected chi connectivity index (χ0v) is 19.7. The fraction of sp³-hybridized carbons (Fsp3) is 0.154. The van der Waals surface area contributed by atoms with Gasteiger partial charge in [-0.25, -0.2) is 8.42 Å². The van der Waals surface area contributed by atoms with Gasteiger partial charge in [0.15, 0.2) is 9.84 Å². The van der Waals surface area contributed by atoms with Crippen molar-refractivity contribution in [2.24, 2.45) is 0 Å². The Bertz CT molecular complexity index is 1470. The molecule has 2 amide bonds. The molecular formula is C26H25N3O4S. The predicted molar refractivity (Wildman–Crippen MR) is 133 cm³/mol. The summed E-state index contributed by atoms with van der Waals surface area (Å²) < 4.78 is 28.3. The van der Waals surface area contributed by atoms with Gasteiger partial charge in [0.05, 0.1) is 10.6 Å². The molecule has 0 bridgehead atoms. The number of rotatable bonds is 7. The second-order valence-corrected chi connectivity index (χ2v) is 10.1. The molecule has 8 heteroatoms. The summed E-state index contributed by atoms with van der Waals surface area (Å²) in [6.45, 7) is 3.27. The van der Waals surface area contributed by atoms with Gasteiger partial charge in [-0.05, 0) is 48.4 Å². The second kappa shape index (κ2) is 9.52. The highest BCUT2D eigenvalue weighted by atomic mass is 32.2. The van der Waals surface area contributed by atoms with Crippen LogP contribution in [0.25, 0.3) is 10.9 Å². The van der Waals surface area contributed by atoms with E-state index in [9.17, 15) is 18.0 Å². The van der Waals surface area contributed by atoms with E-state index in [2.05, 4.69) is 10.6 Å². The number of hydrogen-bond donors (Lipinski definition) is 2. The number of fused-ring (bicyclic) bond motifs is 1. The summed E-state index contributed by atoms with van der Waals surface area (Å²) in [5.74, 6) is -0.583. The molecule has 34 heavy (non-hydrogen) atoms. The van der Waals surface area contributed by atoms with Crippen LogP contribution in [0.1, 0.15) is 18.1 Å². The molecular weight excluding hydrogens is 450 g/mol. The fourth-order valence-electron chi connectivity index (χ4n) is 3.84. The van der Waals surface area contributed by atoms with Gasteiger partial charge in [-0.1, -0.05) is 42.5 Å². The SMILES string of the molecule is CC(=O)Nc1ccc(NC(=O)Cn2cc(S(=O)(=O)Cc3ccccc3C)c3ccccc32)cc1. The third-order valence-corrected chi connectivity index (χ3v) is 7.18. The maximum atomic E-state index is 13.3. The number of aromatic nitrogens is 1. The maximum Gasteiger partial charge on any atom is 0.244 e. The van der Waals surface area contributed by atoms with Gasteiger partial charge in [0.1, 0.15) is 6.54 Å². The molecule has 0 aliphatic heterocycles. The lowest BCUT2D eigenvalue weighted by Gasteiger charge is -2.08. The number of nitrogens with zero attached hydrogens (tertiary/aromatic N) is 1. The van der Waals surface area contributed by atoms with E-state index in [4.69, 9.17) is 0 Å². The third kappa shape index (κ3) is 5.18. The van der Waals surface area contributed by atoms with E-state index in [1.165, 1.54) is 13.1 Å². The monoisotopic (exact) mass is 475 g/mol. The summed E-state index contributed by atoms with van der Waals surface area (Å²) in [5, 5.41) is 6.07. The molecule has 4 rings (SSSR count). The normalized spacial score (nSPS) is 11.4. The van der Waals surface area contributed by atoms with Gasteiger partial charge in [-0.2, -0.15) is 0 Å². The van der Waals surface area contributed by atoms with Crippen LogP contribution >= 0.6 is 0 Å². The van der Waals surface area contributed by atoms with Crippen molar-refractivity contribution in [2.45, 2.75) is 31.0 Å². The van der Waals surface area contributed by atoms with Crippen LogP contribution < -0.4 is 10.6 Å². The highest BCUT2D eigenvalue weighted by Gasteiger charge is 2.23. The van der Waals surface area contributed by atoms with Crippen molar-refractivity contribution < 1.29 is 18.0 Å². The first-order chi connectivity index (χ1) is 16.2. The molecule has 0 fully saturated rings. The number of benzene rings is 3. The second-order valence-electron chi connectivity index (χ2n) is 8.13. The third-order valence-electron chi connectivity index (χ3n) is 5.50. The standard InChI is InChI=1S/C26H25N3O4S/c1-18-7-3-4-8-20(18)17-34(32,33)25-15-29(24-10-6-5-9-23(24)25)16-26(31)28-22-13-11-21(12-14-22)27-19(2)30/h3-15H,16-17H2,1-2H3,(H,27,30)(H,28,31). The summed E-state index contributed by atoms with van der Waals surface area (Å²) in [7, 11) is -3.64. The number of hydrogen-bond acceptors (Lipinski definition) is 4. The average molecular weight is 476 g/mol. The molecule has 1 heterocycles. The topological polar surface area (TPSA) is 97.3 Å². The Balaban J connectivity index is 1.57. The maximum absolute atomic E-state index is 13.3. The molecule has 0 unspecified atom stereocenters. The first-order valence-corrected chi connectivity index (χ1v) is 12.4. The Morgan fingerprint density at radius 1 is 0.853 bits per heavy atom. The smallest absolute Gasteiger partial charge is 0.244 e. The Kier molecular flexibility index (Phi) is 6.51. The van der Waals surface area contributed by atoms with E-state index in [1.807, 2.05) is 37.3 Å². The van der Waals surface area contributed by atoms with E-state index >= 15 is 0 Å². The van der Waals surface area contributed by atoms with Crippen molar-refractivity contribution in [2.75, 3.05) is 10.6 Å². The Morgan fingerprint density at radius 3 is 2.15 bits per heavy atom. The van der Waals surface area contributed by atoms with Crippen LogP contribution in [-0.2, 0) is 31.7 Å². The van der Waals surface area contributed by atoms with Crippen molar-refractivity contribution in [1.82, 2.24) is 4.57 Å². The molecule has 3 aromatic carbocycles. The van der Waals surface area contributed by atoms with Gasteiger partial charge >= 0.3 is 0 Å². The summed E-state index contributed by atoms with van der Waals surface area (Å²) >= 11 is 0. The highest BCUT2D eigenvalue weighted by Crippen LogP contribution is 2.29. The molecule has 7 nitrogen and oxygen atoms in total. The predicted octanol–water partition coefficient (Wildman–Crippen LogP) is 4.52. The van der Waals surface area contributed by atoms with E-state index in [0.717, 1.165) is 11.1 Å². The van der Waals surface area contributed by atoms with Crippen LogP contribution in [0.2, 0.25) is 0 Å². The fourth-order valence-corrected chi connectivity index (χ4v) is 5.53. The van der Waals surface area contributed by atoms with Crippen molar-refractivity contribution >= 4 is 43.9 Å². The van der Waals surface area contributed by atoms with Crippen LogP contribution in [0.3, 0.4) is 0 Å². The molecule has 0 atom stereocenters. The van der Waals surface area contributed by atoms with Crippen LogP contribution in [0.15, 0.2) is 83.9 Å². The summed E-state index contributed by atoms with van der Waals surface area (Å²) in [6, 6.07) is 21.3. The highest BCUT2D eigenvalue weighted by molar-refractivity contribution is 7.90. The van der Waals surface area contributed by atoms with E-state index in [0.29, 0.717) is 22.3 Å². The lowest BCUT2D eigenvalue weighted by atomic mass is 10.1. The number of carbonyl (C=O) groups excluding carboxylic acids is 2. The molecule has 1 aromatic heterocycles. The number of aryl methyl sites for hydroxylation is 1. The molecule has 0 saturated heterocycles. The van der Waals surface area contributed by atoms with Gasteiger partial charge < -0.3 is 15.2 Å². The Labute approximate surface area is 198 Å². The minimum Gasteiger partial charge on any atom is -0.337 e. The van der Waals surface area contributed by atoms with E-state index in [1.54, 1.807) is 47.0 Å². The number of amides is 2. The van der Waals surface area contributed by atoms with Crippen molar-refractivity contribution in [3.05, 3.63) is 90.1 Å². The molecule has 0 aliphatic carbocycles. The zero-order chi connectivity index (χ0) is 24.3. The lowest BCUT2D eigenvalue weighted by Crippen LogP contribution is -2.18. The van der Waals surface area contributed by atoms with E-state index < -0.39 is 9.84 Å². The van der Waals surface area contributed by atoms with Gasteiger partial charge in [0.25, 0.3) is 0 Å². The van der Waals surface area contributed by atoms with Crippen LogP contribution in [0, 0.1) is 6.92 Å². The first-order valence-electron chi connectivity index (χ1n) is 10.8. The van der Waals surface area contributed by atoms with Gasteiger partial charge in [-0.15, -0.1) is 0 Å². The number of para-hydroxylation sites is 1. The number of anilines is 2. The van der Waals surface area contributed by atoms with Crippen molar-refractivity contribution in [1.29, 1.82) is 0 Å². The van der Waals surface area contributed by atoms with Gasteiger partial charge in [-0.3, -0.25) is 9.59 Å². The van der Waals surface area contributed by atoms with Crippen molar-refractivity contribution in [3.8, 4) is 0 Å². The minimum atomic E-state index is -3.64. The molecule has 0 aliphatic rings. The number of carbonyl (C=O) groups is 2. The first kappa shape index (κ1) is 23.3. The minimum absolute atomic E-state index is 0.0478. The number of nitrogens with one attached hydrogen (secondary N) is 2. The van der Waals surface area contributed by atoms with Crippen LogP contribution in [0.4, 0.5) is 11.4 Å². The largest absolute Gasteiger partial charge is 0.337 e. The lowest BCUT2D eigenvalue weighted by molar-refractivity contribution is -0.116. The average Bonchev–Trinajstić information content (AvgIpc) is 3.16. The van der Waals surface area contributed by atoms with Crippen LogP contribution in [0.5, 0.6) is 0 Å². The Hall–Kier alpha value is -3.91. The number of sulfone groups is 1. The summed E-state index contributed by atoms with van der Waals surface area (Å²) in [4.78, 5) is 24.1. The van der Waals surface area contributed by atoms with Crippen LogP contribution in [-0.4, -0.2) is 24.8 Å². The molecule has 0 radical (unpaired) electrons. The van der Waals surface area contributed by atoms with E-state index in [-0.39, 0.29) is 29.0 Å². The quantitative estimate of drug-likeness (QED) is 0.411. The molecule has 4 aromatic rings. The zero-order valence-electron chi connectivity index (χ0n) is 18.9. The summed E-state index contributed by atoms with van der Waals surface area (Å²) in [6.07, 6.45) is 1.54. The van der Waals surface area contributed by atoms with Gasteiger partial charge in [0, 0.05) is 35.4 Å². The Morgan fingerprint density at radius 2 is 1.47 bits per heavy atom. The molecule has 174 valence electrons. The van der Waals surface area contributed by atoms with Crippen molar-refractivity contribution in [3.63, 3.8) is 0 Å². The van der Waals surface area contributed by atoms with Gasteiger partial charge in [0.2, 0.25) is 11.8 Å². The molecule has 0 spiro atoms. The summed E-state index contributed by atoms with van der Waals surface area (Å²) in [5.41, 5.74) is 3.54. The molecule has 0 saturated carbocycles. The molecule has 2 N–H and O–H groups in total.